The lowest BCUT2D eigenvalue weighted by Crippen LogP contribution is -2.33. The van der Waals surface area contributed by atoms with Gasteiger partial charge in [-0.2, -0.15) is 0 Å². The molecule has 0 N–H and O–H groups in total. The topological polar surface area (TPSA) is 21.6 Å². The van der Waals surface area contributed by atoms with Gasteiger partial charge in [-0.05, 0) is 12.5 Å². The zero-order chi connectivity index (χ0) is 11.6. The van der Waals surface area contributed by atoms with Gasteiger partial charge < -0.3 is 4.84 Å². The van der Waals surface area contributed by atoms with E-state index < -0.39 is 5.67 Å². The van der Waals surface area contributed by atoms with Crippen LogP contribution in [0.5, 0.6) is 0 Å². The zero-order valence-electron chi connectivity index (χ0n) is 9.61. The standard InChI is InChI=1S/C13H16FNO/c1-10(11-6-4-3-5-7-11)12-8-13(2,14)9-16-15-12/h3-7,10H,8-9H2,1-2H3. The second-order valence-corrected chi connectivity index (χ2v) is 4.58. The van der Waals surface area contributed by atoms with E-state index in [1.54, 1.807) is 6.92 Å². The minimum atomic E-state index is -1.29. The van der Waals surface area contributed by atoms with Crippen LogP contribution in [-0.2, 0) is 4.84 Å². The first-order valence-corrected chi connectivity index (χ1v) is 5.51. The maximum Gasteiger partial charge on any atom is 0.151 e. The molecule has 0 radical (unpaired) electrons. The minimum absolute atomic E-state index is 0.0536. The van der Waals surface area contributed by atoms with Crippen molar-refractivity contribution in [2.75, 3.05) is 6.61 Å². The molecule has 0 aromatic heterocycles. The van der Waals surface area contributed by atoms with E-state index in [1.165, 1.54) is 0 Å². The summed E-state index contributed by atoms with van der Waals surface area (Å²) in [6, 6.07) is 9.97. The van der Waals surface area contributed by atoms with E-state index in [1.807, 2.05) is 37.3 Å². The average molecular weight is 221 g/mol. The first kappa shape index (κ1) is 11.1. The van der Waals surface area contributed by atoms with Crippen LogP contribution in [-0.4, -0.2) is 18.0 Å². The van der Waals surface area contributed by atoms with E-state index in [2.05, 4.69) is 5.16 Å². The summed E-state index contributed by atoms with van der Waals surface area (Å²) in [7, 11) is 0. The Kier molecular flexibility index (Phi) is 2.95. The molecule has 1 aliphatic rings. The highest BCUT2D eigenvalue weighted by Crippen LogP contribution is 2.28. The molecule has 0 bridgehead atoms. The van der Waals surface area contributed by atoms with Crippen molar-refractivity contribution >= 4 is 5.71 Å². The highest BCUT2D eigenvalue weighted by Gasteiger charge is 2.32. The fourth-order valence-electron chi connectivity index (χ4n) is 1.88. The van der Waals surface area contributed by atoms with E-state index in [0.717, 1.165) is 11.3 Å². The third-order valence-corrected chi connectivity index (χ3v) is 2.90. The van der Waals surface area contributed by atoms with Gasteiger partial charge >= 0.3 is 0 Å². The van der Waals surface area contributed by atoms with Crippen LogP contribution in [0.2, 0.25) is 0 Å². The van der Waals surface area contributed by atoms with Crippen LogP contribution in [0, 0.1) is 0 Å². The lowest BCUT2D eigenvalue weighted by molar-refractivity contribution is 0.0168. The van der Waals surface area contributed by atoms with Crippen LogP contribution in [0.4, 0.5) is 4.39 Å². The van der Waals surface area contributed by atoms with Crippen LogP contribution in [0.3, 0.4) is 0 Å². The molecular weight excluding hydrogens is 205 g/mol. The smallest absolute Gasteiger partial charge is 0.151 e. The monoisotopic (exact) mass is 221 g/mol. The molecule has 2 unspecified atom stereocenters. The largest absolute Gasteiger partial charge is 0.392 e. The second kappa shape index (κ2) is 4.24. The first-order valence-electron chi connectivity index (χ1n) is 5.51. The summed E-state index contributed by atoms with van der Waals surface area (Å²) in [5.41, 5.74) is 0.630. The molecule has 2 rings (SSSR count). The van der Waals surface area contributed by atoms with E-state index in [4.69, 9.17) is 4.84 Å². The average Bonchev–Trinajstić information content (AvgIpc) is 2.28. The molecule has 0 fully saturated rings. The lowest BCUT2D eigenvalue weighted by atomic mass is 9.89. The molecule has 1 aromatic carbocycles. The number of alkyl halides is 1. The molecule has 2 nitrogen and oxygen atoms in total. The summed E-state index contributed by atoms with van der Waals surface area (Å²) in [6.07, 6.45) is 0.350. The van der Waals surface area contributed by atoms with Crippen LogP contribution in [0.1, 0.15) is 31.7 Å². The highest BCUT2D eigenvalue weighted by atomic mass is 19.1. The summed E-state index contributed by atoms with van der Waals surface area (Å²) in [6.45, 7) is 3.64. The van der Waals surface area contributed by atoms with Gasteiger partial charge in [0.2, 0.25) is 0 Å². The molecule has 16 heavy (non-hydrogen) atoms. The minimum Gasteiger partial charge on any atom is -0.392 e. The van der Waals surface area contributed by atoms with Crippen LogP contribution in [0.25, 0.3) is 0 Å². The third kappa shape index (κ3) is 2.40. The summed E-state index contributed by atoms with van der Waals surface area (Å²) in [5.74, 6) is 0.108. The Morgan fingerprint density at radius 2 is 2.06 bits per heavy atom. The number of nitrogens with zero attached hydrogens (tertiary/aromatic N) is 1. The number of hydrogen-bond donors (Lipinski definition) is 0. The Morgan fingerprint density at radius 1 is 1.38 bits per heavy atom. The van der Waals surface area contributed by atoms with Crippen molar-refractivity contribution in [2.45, 2.75) is 31.9 Å². The van der Waals surface area contributed by atoms with Crippen LogP contribution in [0.15, 0.2) is 35.5 Å². The zero-order valence-corrected chi connectivity index (χ0v) is 9.61. The van der Waals surface area contributed by atoms with Crippen LogP contribution >= 0.6 is 0 Å². The van der Waals surface area contributed by atoms with Gasteiger partial charge in [0.1, 0.15) is 5.67 Å². The van der Waals surface area contributed by atoms with Gasteiger partial charge in [0.05, 0.1) is 5.71 Å². The third-order valence-electron chi connectivity index (χ3n) is 2.90. The maximum atomic E-state index is 13.8. The second-order valence-electron chi connectivity index (χ2n) is 4.58. The number of rotatable bonds is 2. The van der Waals surface area contributed by atoms with E-state index in [0.29, 0.717) is 6.42 Å². The van der Waals surface area contributed by atoms with Gasteiger partial charge in [0, 0.05) is 12.3 Å². The Morgan fingerprint density at radius 3 is 2.69 bits per heavy atom. The molecule has 86 valence electrons. The Bertz CT molecular complexity index is 386. The van der Waals surface area contributed by atoms with Crippen molar-refractivity contribution in [3.63, 3.8) is 0 Å². The Labute approximate surface area is 95.1 Å². The number of benzene rings is 1. The number of halogens is 1. The molecule has 3 heteroatoms. The number of hydrogen-bond acceptors (Lipinski definition) is 2. The van der Waals surface area contributed by atoms with Gasteiger partial charge in [-0.1, -0.05) is 42.4 Å². The van der Waals surface area contributed by atoms with Gasteiger partial charge in [0.15, 0.2) is 6.61 Å². The fraction of sp³-hybridized carbons (Fsp3) is 0.462. The van der Waals surface area contributed by atoms with Crippen molar-refractivity contribution in [3.8, 4) is 0 Å². The van der Waals surface area contributed by atoms with Gasteiger partial charge in [0.25, 0.3) is 0 Å². The van der Waals surface area contributed by atoms with Crippen molar-refractivity contribution < 1.29 is 9.23 Å². The van der Waals surface area contributed by atoms with Crippen molar-refractivity contribution in [3.05, 3.63) is 35.9 Å². The molecule has 2 atom stereocenters. The van der Waals surface area contributed by atoms with Gasteiger partial charge in [-0.25, -0.2) is 4.39 Å². The summed E-state index contributed by atoms with van der Waals surface area (Å²) >= 11 is 0. The summed E-state index contributed by atoms with van der Waals surface area (Å²) < 4.78 is 13.8. The molecule has 1 aromatic rings. The number of oxime groups is 1. The van der Waals surface area contributed by atoms with E-state index >= 15 is 0 Å². The van der Waals surface area contributed by atoms with E-state index in [-0.39, 0.29) is 12.5 Å². The van der Waals surface area contributed by atoms with Crippen LogP contribution < -0.4 is 0 Å². The first-order chi connectivity index (χ1) is 7.58. The predicted octanol–water partition coefficient (Wildman–Crippen LogP) is 3.29. The summed E-state index contributed by atoms with van der Waals surface area (Å²) in [4.78, 5) is 4.95. The normalized spacial score (nSPS) is 26.8. The molecule has 0 spiro atoms. The van der Waals surface area contributed by atoms with Gasteiger partial charge in [-0.15, -0.1) is 0 Å². The molecule has 0 saturated heterocycles. The SMILES string of the molecule is CC(C1=NOCC(C)(F)C1)c1ccccc1. The molecule has 0 amide bonds. The summed E-state index contributed by atoms with van der Waals surface area (Å²) in [5, 5.41) is 3.98. The van der Waals surface area contributed by atoms with E-state index in [9.17, 15) is 4.39 Å². The lowest BCUT2D eigenvalue weighted by Gasteiger charge is -2.27. The van der Waals surface area contributed by atoms with Crippen molar-refractivity contribution in [2.24, 2.45) is 5.16 Å². The fourth-order valence-corrected chi connectivity index (χ4v) is 1.88. The maximum absolute atomic E-state index is 13.8. The molecule has 0 aliphatic carbocycles. The molecule has 1 aliphatic heterocycles. The predicted molar refractivity (Wildman–Crippen MR) is 62.4 cm³/mol. The van der Waals surface area contributed by atoms with Crippen molar-refractivity contribution in [1.82, 2.24) is 0 Å². The Hall–Kier alpha value is -1.38. The highest BCUT2D eigenvalue weighted by molar-refractivity contribution is 5.91. The molecular formula is C13H16FNO. The van der Waals surface area contributed by atoms with Gasteiger partial charge in [-0.3, -0.25) is 0 Å². The molecule has 1 heterocycles. The molecule has 0 saturated carbocycles. The quantitative estimate of drug-likeness (QED) is 0.751. The Balaban J connectivity index is 2.17. The van der Waals surface area contributed by atoms with Crippen molar-refractivity contribution in [1.29, 1.82) is 0 Å².